The number of nitrogens with one attached hydrogen (secondary N) is 2. The summed E-state index contributed by atoms with van der Waals surface area (Å²) in [5.74, 6) is 1.39. The van der Waals surface area contributed by atoms with Crippen molar-refractivity contribution in [3.8, 4) is 0 Å². The van der Waals surface area contributed by atoms with Gasteiger partial charge in [0.1, 0.15) is 10.3 Å². The van der Waals surface area contributed by atoms with Crippen LogP contribution in [0.15, 0.2) is 15.6 Å². The zero-order valence-electron chi connectivity index (χ0n) is 10.2. The van der Waals surface area contributed by atoms with Crippen LogP contribution in [0.5, 0.6) is 0 Å². The Bertz CT molecular complexity index is 449. The number of nitrogens with zero attached hydrogens (tertiary/aromatic N) is 1. The fourth-order valence-electron chi connectivity index (χ4n) is 2.53. The molecule has 0 aliphatic heterocycles. The molecule has 1 aliphatic rings. The highest BCUT2D eigenvalue weighted by Gasteiger charge is 2.24. The van der Waals surface area contributed by atoms with Crippen molar-refractivity contribution < 1.29 is 5.11 Å². The van der Waals surface area contributed by atoms with E-state index in [9.17, 15) is 9.90 Å². The predicted octanol–water partition coefficient (Wildman–Crippen LogP) is 1.74. The maximum absolute atomic E-state index is 11.4. The molecular formula is C12H18BrN3O2. The van der Waals surface area contributed by atoms with Crippen LogP contribution in [-0.2, 0) is 0 Å². The first kappa shape index (κ1) is 13.5. The minimum Gasteiger partial charge on any atom is -0.396 e. The Balaban J connectivity index is 1.98. The molecule has 1 aromatic rings. The van der Waals surface area contributed by atoms with E-state index in [2.05, 4.69) is 31.2 Å². The lowest BCUT2D eigenvalue weighted by atomic mass is 9.79. The number of aromatic amines is 1. The van der Waals surface area contributed by atoms with Crippen LogP contribution in [0, 0.1) is 11.8 Å². The molecule has 3 N–H and O–H groups in total. The highest BCUT2D eigenvalue weighted by atomic mass is 79.9. The summed E-state index contributed by atoms with van der Waals surface area (Å²) in [6.07, 6.45) is 6.02. The Morgan fingerprint density at radius 3 is 2.89 bits per heavy atom. The minimum absolute atomic E-state index is 0.185. The van der Waals surface area contributed by atoms with Crippen LogP contribution in [0.3, 0.4) is 0 Å². The van der Waals surface area contributed by atoms with Gasteiger partial charge in [0.05, 0.1) is 6.33 Å². The first-order valence-electron chi connectivity index (χ1n) is 6.30. The van der Waals surface area contributed by atoms with Gasteiger partial charge in [-0.15, -0.1) is 0 Å². The summed E-state index contributed by atoms with van der Waals surface area (Å²) < 4.78 is 0.432. The van der Waals surface area contributed by atoms with Crippen LogP contribution >= 0.6 is 15.9 Å². The largest absolute Gasteiger partial charge is 0.396 e. The quantitative estimate of drug-likeness (QED) is 0.791. The van der Waals surface area contributed by atoms with E-state index in [1.165, 1.54) is 19.2 Å². The Morgan fingerprint density at radius 1 is 1.44 bits per heavy atom. The van der Waals surface area contributed by atoms with Crippen molar-refractivity contribution in [3.63, 3.8) is 0 Å². The number of hydrogen-bond donors (Lipinski definition) is 3. The number of rotatable bonds is 4. The van der Waals surface area contributed by atoms with Gasteiger partial charge in [0.2, 0.25) is 0 Å². The van der Waals surface area contributed by atoms with Gasteiger partial charge in [0.25, 0.3) is 5.56 Å². The summed E-state index contributed by atoms with van der Waals surface area (Å²) in [5.41, 5.74) is -0.185. The Kier molecular flexibility index (Phi) is 4.77. The van der Waals surface area contributed by atoms with E-state index in [1.807, 2.05) is 0 Å². The first-order valence-corrected chi connectivity index (χ1v) is 7.09. The van der Waals surface area contributed by atoms with E-state index >= 15 is 0 Å². The molecule has 0 bridgehead atoms. The topological polar surface area (TPSA) is 78.0 Å². The molecule has 100 valence electrons. The van der Waals surface area contributed by atoms with Gasteiger partial charge in [-0.1, -0.05) is 12.8 Å². The maximum Gasteiger partial charge on any atom is 0.267 e. The lowest BCUT2D eigenvalue weighted by molar-refractivity contribution is 0.141. The normalized spacial score (nSPS) is 23.9. The van der Waals surface area contributed by atoms with E-state index in [-0.39, 0.29) is 12.2 Å². The second-order valence-electron chi connectivity index (χ2n) is 4.76. The molecule has 5 nitrogen and oxygen atoms in total. The first-order chi connectivity index (χ1) is 8.72. The summed E-state index contributed by atoms with van der Waals surface area (Å²) in [7, 11) is 0. The summed E-state index contributed by atoms with van der Waals surface area (Å²) in [5, 5.41) is 12.5. The molecule has 1 aliphatic carbocycles. The molecule has 2 rings (SSSR count). The van der Waals surface area contributed by atoms with Crippen LogP contribution in [0.4, 0.5) is 5.82 Å². The number of hydrogen-bond acceptors (Lipinski definition) is 4. The molecule has 1 heterocycles. The lowest BCUT2D eigenvalue weighted by Gasteiger charge is -2.30. The smallest absolute Gasteiger partial charge is 0.267 e. The van der Waals surface area contributed by atoms with Crippen LogP contribution in [0.2, 0.25) is 0 Å². The third-order valence-electron chi connectivity index (χ3n) is 3.63. The lowest BCUT2D eigenvalue weighted by Crippen LogP contribution is -2.29. The standard InChI is InChI=1S/C12H18BrN3O2/c13-10-11(15-7-16-12(10)18)14-5-8-3-1-2-4-9(8)6-17/h7-9,17H,1-6H2,(H2,14,15,16,18). The Labute approximate surface area is 114 Å². The SMILES string of the molecule is O=c1[nH]cnc(NCC2CCCCC2CO)c1Br. The number of aliphatic hydroxyl groups excluding tert-OH is 1. The zero-order valence-corrected chi connectivity index (χ0v) is 11.7. The second-order valence-corrected chi connectivity index (χ2v) is 5.56. The van der Waals surface area contributed by atoms with Crippen molar-refractivity contribution in [1.82, 2.24) is 9.97 Å². The molecule has 0 spiro atoms. The Hall–Kier alpha value is -0.880. The highest BCUT2D eigenvalue weighted by molar-refractivity contribution is 9.10. The fraction of sp³-hybridized carbons (Fsp3) is 0.667. The van der Waals surface area contributed by atoms with Gasteiger partial charge in [0, 0.05) is 13.2 Å². The fourth-order valence-corrected chi connectivity index (χ4v) is 2.88. The van der Waals surface area contributed by atoms with Crippen molar-refractivity contribution in [2.24, 2.45) is 11.8 Å². The van der Waals surface area contributed by atoms with Crippen LogP contribution in [0.25, 0.3) is 0 Å². The van der Waals surface area contributed by atoms with Crippen molar-refractivity contribution in [2.75, 3.05) is 18.5 Å². The van der Waals surface area contributed by atoms with Crippen molar-refractivity contribution in [1.29, 1.82) is 0 Å². The van der Waals surface area contributed by atoms with E-state index in [4.69, 9.17) is 0 Å². The van der Waals surface area contributed by atoms with Crippen molar-refractivity contribution in [3.05, 3.63) is 21.2 Å². The molecular weight excluding hydrogens is 298 g/mol. The van der Waals surface area contributed by atoms with E-state index < -0.39 is 0 Å². The van der Waals surface area contributed by atoms with Gasteiger partial charge < -0.3 is 15.4 Å². The number of aromatic nitrogens is 2. The van der Waals surface area contributed by atoms with Crippen LogP contribution in [-0.4, -0.2) is 28.2 Å². The van der Waals surface area contributed by atoms with Gasteiger partial charge in [0.15, 0.2) is 0 Å². The van der Waals surface area contributed by atoms with E-state index in [0.29, 0.717) is 22.1 Å². The Morgan fingerprint density at radius 2 is 2.17 bits per heavy atom. The second kappa shape index (κ2) is 6.33. The molecule has 1 fully saturated rings. The molecule has 2 unspecified atom stereocenters. The van der Waals surface area contributed by atoms with Crippen LogP contribution in [0.1, 0.15) is 25.7 Å². The number of halogens is 1. The molecule has 1 saturated carbocycles. The molecule has 6 heteroatoms. The van der Waals surface area contributed by atoms with E-state index in [1.54, 1.807) is 0 Å². The summed E-state index contributed by atoms with van der Waals surface area (Å²) in [4.78, 5) is 18.0. The molecule has 1 aromatic heterocycles. The molecule has 18 heavy (non-hydrogen) atoms. The van der Waals surface area contributed by atoms with E-state index in [0.717, 1.165) is 19.4 Å². The predicted molar refractivity (Wildman–Crippen MR) is 73.6 cm³/mol. The third kappa shape index (κ3) is 3.11. The van der Waals surface area contributed by atoms with Crippen LogP contribution < -0.4 is 10.9 Å². The maximum atomic E-state index is 11.4. The zero-order chi connectivity index (χ0) is 13.0. The summed E-state index contributed by atoms with van der Waals surface area (Å²) >= 11 is 3.22. The summed E-state index contributed by atoms with van der Waals surface area (Å²) in [6.45, 7) is 0.997. The van der Waals surface area contributed by atoms with Crippen molar-refractivity contribution >= 4 is 21.7 Å². The number of H-pyrrole nitrogens is 1. The molecule has 0 radical (unpaired) electrons. The van der Waals surface area contributed by atoms with Gasteiger partial charge in [-0.2, -0.15) is 0 Å². The monoisotopic (exact) mass is 315 g/mol. The molecule has 0 saturated heterocycles. The number of anilines is 1. The highest BCUT2D eigenvalue weighted by Crippen LogP contribution is 2.30. The third-order valence-corrected chi connectivity index (χ3v) is 4.36. The average Bonchev–Trinajstić information content (AvgIpc) is 2.41. The summed E-state index contributed by atoms with van der Waals surface area (Å²) in [6, 6.07) is 0. The van der Waals surface area contributed by atoms with Gasteiger partial charge in [-0.25, -0.2) is 4.98 Å². The molecule has 0 amide bonds. The molecule has 0 aromatic carbocycles. The van der Waals surface area contributed by atoms with Gasteiger partial charge in [-0.3, -0.25) is 4.79 Å². The molecule has 2 atom stereocenters. The van der Waals surface area contributed by atoms with Crippen molar-refractivity contribution in [2.45, 2.75) is 25.7 Å². The van der Waals surface area contributed by atoms with Gasteiger partial charge in [-0.05, 0) is 40.6 Å². The minimum atomic E-state index is -0.185. The van der Waals surface area contributed by atoms with Gasteiger partial charge >= 0.3 is 0 Å². The number of aliphatic hydroxyl groups is 1. The average molecular weight is 316 g/mol.